The molecular weight excluding hydrogens is 338 g/mol. The van der Waals surface area contributed by atoms with Crippen LogP contribution in [0.3, 0.4) is 0 Å². The minimum absolute atomic E-state index is 0.0316. The third-order valence-corrected chi connectivity index (χ3v) is 6.13. The van der Waals surface area contributed by atoms with Crippen molar-refractivity contribution in [3.05, 3.63) is 52.8 Å². The average Bonchev–Trinajstić information content (AvgIpc) is 3.25. The van der Waals surface area contributed by atoms with E-state index in [4.69, 9.17) is 4.74 Å². The molecule has 2 N–H and O–H groups in total. The maximum atomic E-state index is 12.7. The molecule has 4 rings (SSSR count). The van der Waals surface area contributed by atoms with Crippen LogP contribution in [0.25, 0.3) is 0 Å². The van der Waals surface area contributed by atoms with Crippen LogP contribution in [0, 0.1) is 0 Å². The number of amides is 1. The summed E-state index contributed by atoms with van der Waals surface area (Å²) < 4.78 is 5.98. The molecule has 0 unspecified atom stereocenters. The van der Waals surface area contributed by atoms with Gasteiger partial charge in [0.2, 0.25) is 0 Å². The Hall–Kier alpha value is -2.14. The molecule has 1 aromatic carbocycles. The summed E-state index contributed by atoms with van der Waals surface area (Å²) in [5.41, 5.74) is 4.05. The van der Waals surface area contributed by atoms with Gasteiger partial charge in [-0.2, -0.15) is 5.10 Å². The predicted molar refractivity (Wildman–Crippen MR) is 105 cm³/mol. The number of aromatic nitrogens is 2. The molecule has 2 aromatic rings. The number of hydrogen-bond donors (Lipinski definition) is 2. The number of nitrogens with zero attached hydrogens (tertiary/aromatic N) is 1. The highest BCUT2D eigenvalue weighted by Gasteiger charge is 2.41. The largest absolute Gasteiger partial charge is 0.376 e. The van der Waals surface area contributed by atoms with Crippen molar-refractivity contribution in [1.29, 1.82) is 0 Å². The molecule has 0 saturated carbocycles. The molecule has 5 heteroatoms. The molecule has 27 heavy (non-hydrogen) atoms. The summed E-state index contributed by atoms with van der Waals surface area (Å²) in [4.78, 5) is 12.7. The maximum absolute atomic E-state index is 12.7. The van der Waals surface area contributed by atoms with E-state index in [2.05, 4.69) is 59.7 Å². The van der Waals surface area contributed by atoms with Crippen molar-refractivity contribution >= 4 is 5.91 Å². The van der Waals surface area contributed by atoms with E-state index in [1.165, 1.54) is 5.56 Å². The van der Waals surface area contributed by atoms with Crippen molar-refractivity contribution in [3.63, 3.8) is 0 Å². The van der Waals surface area contributed by atoms with E-state index in [-0.39, 0.29) is 16.9 Å². The van der Waals surface area contributed by atoms with Crippen LogP contribution < -0.4 is 5.32 Å². The Morgan fingerprint density at radius 2 is 2.07 bits per heavy atom. The van der Waals surface area contributed by atoms with Crippen LogP contribution in [-0.4, -0.2) is 34.9 Å². The highest BCUT2D eigenvalue weighted by molar-refractivity contribution is 5.94. The first-order chi connectivity index (χ1) is 13.0. The maximum Gasteiger partial charge on any atom is 0.272 e. The first-order valence-corrected chi connectivity index (χ1v) is 10.0. The summed E-state index contributed by atoms with van der Waals surface area (Å²) in [6, 6.07) is 10.7. The van der Waals surface area contributed by atoms with Crippen LogP contribution in [0.4, 0.5) is 0 Å². The number of benzene rings is 1. The average molecular weight is 367 g/mol. The Kier molecular flexibility index (Phi) is 4.81. The third-order valence-electron chi connectivity index (χ3n) is 6.13. The number of nitrogens with one attached hydrogen (secondary N) is 2. The molecule has 1 fully saturated rings. The molecule has 144 valence electrons. The van der Waals surface area contributed by atoms with E-state index in [9.17, 15) is 4.79 Å². The van der Waals surface area contributed by atoms with Gasteiger partial charge in [0.15, 0.2) is 5.69 Å². The molecule has 2 heterocycles. The van der Waals surface area contributed by atoms with Crippen LogP contribution in [0.2, 0.25) is 0 Å². The predicted octanol–water partition coefficient (Wildman–Crippen LogP) is 3.55. The van der Waals surface area contributed by atoms with Crippen LogP contribution in [0.15, 0.2) is 30.3 Å². The second-order valence-corrected chi connectivity index (χ2v) is 8.57. The summed E-state index contributed by atoms with van der Waals surface area (Å²) in [5.74, 6) is -0.0519. The van der Waals surface area contributed by atoms with E-state index < -0.39 is 0 Å². The topological polar surface area (TPSA) is 67.0 Å². The number of H-pyrrole nitrogens is 1. The second-order valence-electron chi connectivity index (χ2n) is 8.57. The lowest BCUT2D eigenvalue weighted by Gasteiger charge is -2.45. The number of aromatic amines is 1. The van der Waals surface area contributed by atoms with Gasteiger partial charge in [-0.25, -0.2) is 0 Å². The van der Waals surface area contributed by atoms with E-state index in [0.29, 0.717) is 12.2 Å². The zero-order valence-corrected chi connectivity index (χ0v) is 16.3. The molecule has 1 aromatic heterocycles. The third kappa shape index (κ3) is 3.65. The van der Waals surface area contributed by atoms with Gasteiger partial charge in [0.1, 0.15) is 0 Å². The van der Waals surface area contributed by atoms with E-state index >= 15 is 0 Å². The first kappa shape index (κ1) is 18.2. The number of hydrogen-bond acceptors (Lipinski definition) is 3. The fourth-order valence-electron chi connectivity index (χ4n) is 4.88. The Bertz CT molecular complexity index is 812. The zero-order chi connectivity index (χ0) is 18.9. The lowest BCUT2D eigenvalue weighted by molar-refractivity contribution is -0.0838. The Morgan fingerprint density at radius 3 is 2.85 bits per heavy atom. The number of rotatable bonds is 5. The van der Waals surface area contributed by atoms with E-state index in [1.54, 1.807) is 0 Å². The Labute approximate surface area is 160 Å². The monoisotopic (exact) mass is 367 g/mol. The number of ether oxygens (including phenoxy) is 1. The van der Waals surface area contributed by atoms with Crippen molar-refractivity contribution in [3.8, 4) is 0 Å². The fourth-order valence-corrected chi connectivity index (χ4v) is 4.88. The molecule has 0 bridgehead atoms. The van der Waals surface area contributed by atoms with Gasteiger partial charge < -0.3 is 10.1 Å². The summed E-state index contributed by atoms with van der Waals surface area (Å²) in [5, 5.41) is 10.4. The van der Waals surface area contributed by atoms with E-state index in [0.717, 1.165) is 56.4 Å². The van der Waals surface area contributed by atoms with Gasteiger partial charge in [0.25, 0.3) is 5.91 Å². The molecule has 1 atom stereocenters. The lowest BCUT2D eigenvalue weighted by Crippen LogP contribution is -2.45. The number of fused-ring (bicyclic) bond motifs is 1. The smallest absolute Gasteiger partial charge is 0.272 e. The highest BCUT2D eigenvalue weighted by atomic mass is 16.5. The van der Waals surface area contributed by atoms with Crippen LogP contribution in [0.1, 0.15) is 66.8 Å². The molecule has 1 amide bonds. The lowest BCUT2D eigenvalue weighted by atomic mass is 9.67. The number of carbonyl (C=O) groups excluding carboxylic acids is 1. The van der Waals surface area contributed by atoms with Crippen molar-refractivity contribution in [2.45, 2.75) is 63.4 Å². The quantitative estimate of drug-likeness (QED) is 0.849. The van der Waals surface area contributed by atoms with Crippen LogP contribution in [-0.2, 0) is 23.0 Å². The van der Waals surface area contributed by atoms with Crippen molar-refractivity contribution in [1.82, 2.24) is 15.5 Å². The second kappa shape index (κ2) is 7.12. The molecule has 2 aliphatic rings. The molecule has 1 saturated heterocycles. The molecular formula is C22H29N3O2. The first-order valence-electron chi connectivity index (χ1n) is 10.0. The Balaban J connectivity index is 1.47. The van der Waals surface area contributed by atoms with Gasteiger partial charge in [-0.3, -0.25) is 9.89 Å². The van der Waals surface area contributed by atoms with Crippen LogP contribution >= 0.6 is 0 Å². The molecule has 1 aliphatic carbocycles. The summed E-state index contributed by atoms with van der Waals surface area (Å²) in [6.07, 6.45) is 5.90. The van der Waals surface area contributed by atoms with Gasteiger partial charge in [-0.15, -0.1) is 0 Å². The van der Waals surface area contributed by atoms with Gasteiger partial charge in [-0.1, -0.05) is 30.3 Å². The van der Waals surface area contributed by atoms with Gasteiger partial charge >= 0.3 is 0 Å². The van der Waals surface area contributed by atoms with E-state index in [1.807, 2.05) is 0 Å². The summed E-state index contributed by atoms with van der Waals surface area (Å²) in [6.45, 7) is 5.72. The standard InChI is InChI=1S/C22H29N3O2/c1-21(2)15-22(12-14-27-21,16-7-4-3-5-8-16)11-13-23-20(26)19-17-9-6-10-18(17)24-25-19/h3-5,7-8H,6,9-15H2,1-2H3,(H,23,26)(H,24,25)/t22-/m1/s1. The zero-order valence-electron chi connectivity index (χ0n) is 16.3. The summed E-state index contributed by atoms with van der Waals surface area (Å²) in [7, 11) is 0. The minimum atomic E-state index is -0.152. The van der Waals surface area contributed by atoms with Crippen LogP contribution in [0.5, 0.6) is 0 Å². The van der Waals surface area contributed by atoms with Crippen molar-refractivity contribution < 1.29 is 9.53 Å². The fraction of sp³-hybridized carbons (Fsp3) is 0.545. The van der Waals surface area contributed by atoms with Gasteiger partial charge in [-0.05, 0) is 57.9 Å². The molecule has 0 radical (unpaired) electrons. The SMILES string of the molecule is CC1(C)C[C@](CCNC(=O)c2n[nH]c3c2CCC3)(c2ccccc2)CCO1. The number of carbonyl (C=O) groups is 1. The summed E-state index contributed by atoms with van der Waals surface area (Å²) >= 11 is 0. The highest BCUT2D eigenvalue weighted by Crippen LogP contribution is 2.43. The normalized spacial score (nSPS) is 23.8. The molecule has 0 spiro atoms. The van der Waals surface area contributed by atoms with Gasteiger partial charge in [0, 0.05) is 29.8 Å². The number of aryl methyl sites for hydroxylation is 1. The van der Waals surface area contributed by atoms with Crippen molar-refractivity contribution in [2.24, 2.45) is 0 Å². The molecule has 1 aliphatic heterocycles. The Morgan fingerprint density at radius 1 is 1.26 bits per heavy atom. The molecule has 5 nitrogen and oxygen atoms in total. The minimum Gasteiger partial charge on any atom is -0.376 e. The van der Waals surface area contributed by atoms with Gasteiger partial charge in [0.05, 0.1) is 5.60 Å². The van der Waals surface area contributed by atoms with Crippen molar-refractivity contribution in [2.75, 3.05) is 13.2 Å².